The Morgan fingerprint density at radius 1 is 0.692 bits per heavy atom. The summed E-state index contributed by atoms with van der Waals surface area (Å²) in [5.74, 6) is 0.271. The maximum atomic E-state index is 10.8. The lowest BCUT2D eigenvalue weighted by molar-refractivity contribution is 0.454. The average molecular weight is 411 g/mol. The van der Waals surface area contributed by atoms with Gasteiger partial charge in [0.1, 0.15) is 11.5 Å². The lowest BCUT2D eigenvalue weighted by Crippen LogP contribution is -2.07. The minimum Gasteiger partial charge on any atom is -0.507 e. The van der Waals surface area contributed by atoms with Crippen LogP contribution in [0, 0.1) is 27.7 Å². The van der Waals surface area contributed by atoms with E-state index in [2.05, 4.69) is 15.9 Å². The molecule has 134 valence electrons. The number of rotatable bonds is 3. The molecule has 0 radical (unpaired) electrons. The molecule has 0 heterocycles. The zero-order valence-corrected chi connectivity index (χ0v) is 17.1. The van der Waals surface area contributed by atoms with Crippen molar-refractivity contribution in [2.45, 2.75) is 33.6 Å². The Hall–Kier alpha value is -2.26. The monoisotopic (exact) mass is 410 g/mol. The summed E-state index contributed by atoms with van der Waals surface area (Å²) in [4.78, 5) is 0. The Labute approximate surface area is 163 Å². The van der Waals surface area contributed by atoms with Crippen LogP contribution in [0.3, 0.4) is 0 Å². The van der Waals surface area contributed by atoms with Crippen molar-refractivity contribution in [3.8, 4) is 11.5 Å². The van der Waals surface area contributed by atoms with Crippen molar-refractivity contribution in [2.24, 2.45) is 0 Å². The Morgan fingerprint density at radius 3 is 1.62 bits per heavy atom. The molecule has 0 spiro atoms. The molecule has 0 unspecified atom stereocenters. The van der Waals surface area contributed by atoms with Gasteiger partial charge in [-0.1, -0.05) is 69.5 Å². The second-order valence-electron chi connectivity index (χ2n) is 6.99. The van der Waals surface area contributed by atoms with Gasteiger partial charge in [0.15, 0.2) is 0 Å². The van der Waals surface area contributed by atoms with Crippen LogP contribution in [0.4, 0.5) is 0 Å². The molecule has 0 saturated heterocycles. The SMILES string of the molecule is Cc1cc(C)c(O)c(C(c2ccccc2Br)c2cc(C)cc(C)c2O)c1. The van der Waals surface area contributed by atoms with E-state index in [1.807, 2.05) is 76.2 Å². The minimum atomic E-state index is -0.275. The topological polar surface area (TPSA) is 40.5 Å². The number of halogens is 1. The summed E-state index contributed by atoms with van der Waals surface area (Å²) in [6, 6.07) is 15.9. The minimum absolute atomic E-state index is 0.273. The van der Waals surface area contributed by atoms with E-state index >= 15 is 0 Å². The van der Waals surface area contributed by atoms with E-state index in [0.717, 1.165) is 43.4 Å². The van der Waals surface area contributed by atoms with Crippen LogP contribution >= 0.6 is 15.9 Å². The first-order valence-corrected chi connectivity index (χ1v) is 9.43. The number of phenolic OH excluding ortho intramolecular Hbond substituents is 2. The van der Waals surface area contributed by atoms with Crippen LogP contribution in [-0.4, -0.2) is 10.2 Å². The first kappa shape index (κ1) is 18.5. The second-order valence-corrected chi connectivity index (χ2v) is 7.85. The summed E-state index contributed by atoms with van der Waals surface area (Å²) in [5, 5.41) is 21.7. The molecular weight excluding hydrogens is 388 g/mol. The van der Waals surface area contributed by atoms with Crippen LogP contribution in [0.1, 0.15) is 44.9 Å². The summed E-state index contributed by atoms with van der Waals surface area (Å²) in [6.07, 6.45) is 0. The van der Waals surface area contributed by atoms with Gasteiger partial charge >= 0.3 is 0 Å². The van der Waals surface area contributed by atoms with Gasteiger partial charge in [-0.25, -0.2) is 0 Å². The highest BCUT2D eigenvalue weighted by Crippen LogP contribution is 2.45. The zero-order valence-electron chi connectivity index (χ0n) is 15.5. The van der Waals surface area contributed by atoms with Gasteiger partial charge in [0, 0.05) is 21.5 Å². The second kappa shape index (κ2) is 7.16. The van der Waals surface area contributed by atoms with E-state index in [1.54, 1.807) is 0 Å². The van der Waals surface area contributed by atoms with Crippen molar-refractivity contribution in [2.75, 3.05) is 0 Å². The normalized spacial score (nSPS) is 11.2. The van der Waals surface area contributed by atoms with E-state index < -0.39 is 0 Å². The van der Waals surface area contributed by atoms with Crippen molar-refractivity contribution in [1.29, 1.82) is 0 Å². The Morgan fingerprint density at radius 2 is 1.15 bits per heavy atom. The van der Waals surface area contributed by atoms with Gasteiger partial charge < -0.3 is 10.2 Å². The molecule has 0 aliphatic heterocycles. The van der Waals surface area contributed by atoms with Gasteiger partial charge in [-0.3, -0.25) is 0 Å². The van der Waals surface area contributed by atoms with Crippen molar-refractivity contribution in [1.82, 2.24) is 0 Å². The van der Waals surface area contributed by atoms with Gasteiger partial charge in [0.2, 0.25) is 0 Å². The predicted molar refractivity (Wildman–Crippen MR) is 110 cm³/mol. The third kappa shape index (κ3) is 3.36. The van der Waals surface area contributed by atoms with Crippen molar-refractivity contribution in [3.63, 3.8) is 0 Å². The van der Waals surface area contributed by atoms with E-state index in [9.17, 15) is 10.2 Å². The molecule has 3 heteroatoms. The maximum absolute atomic E-state index is 10.8. The molecule has 0 bridgehead atoms. The highest BCUT2D eigenvalue weighted by molar-refractivity contribution is 9.10. The number of hydrogen-bond acceptors (Lipinski definition) is 2. The van der Waals surface area contributed by atoms with E-state index in [1.165, 1.54) is 0 Å². The summed E-state index contributed by atoms with van der Waals surface area (Å²) >= 11 is 3.65. The first-order valence-electron chi connectivity index (χ1n) is 8.64. The Bertz CT molecular complexity index is 919. The molecule has 0 fully saturated rings. The van der Waals surface area contributed by atoms with Crippen molar-refractivity contribution in [3.05, 3.63) is 91.9 Å². The molecule has 0 aliphatic rings. The van der Waals surface area contributed by atoms with Gasteiger partial charge in [-0.05, 0) is 50.5 Å². The molecule has 0 atom stereocenters. The fourth-order valence-electron chi connectivity index (χ4n) is 3.64. The third-order valence-electron chi connectivity index (χ3n) is 4.79. The summed E-state index contributed by atoms with van der Waals surface area (Å²) in [7, 11) is 0. The van der Waals surface area contributed by atoms with Gasteiger partial charge in [0.25, 0.3) is 0 Å². The molecule has 3 rings (SSSR count). The smallest absolute Gasteiger partial charge is 0.122 e. The van der Waals surface area contributed by atoms with E-state index in [4.69, 9.17) is 0 Å². The molecule has 26 heavy (non-hydrogen) atoms. The third-order valence-corrected chi connectivity index (χ3v) is 5.51. The fourth-order valence-corrected chi connectivity index (χ4v) is 4.15. The number of benzene rings is 3. The highest BCUT2D eigenvalue weighted by Gasteiger charge is 2.26. The Balaban J connectivity index is 2.38. The molecule has 2 nitrogen and oxygen atoms in total. The zero-order chi connectivity index (χ0) is 19.0. The van der Waals surface area contributed by atoms with E-state index in [0.29, 0.717) is 0 Å². The molecule has 3 aromatic rings. The molecule has 0 saturated carbocycles. The number of aromatic hydroxyl groups is 2. The molecule has 2 N–H and O–H groups in total. The quantitative estimate of drug-likeness (QED) is 0.499. The lowest BCUT2D eigenvalue weighted by Gasteiger charge is -2.24. The molecule has 3 aromatic carbocycles. The van der Waals surface area contributed by atoms with E-state index in [-0.39, 0.29) is 17.4 Å². The number of hydrogen-bond donors (Lipinski definition) is 2. The summed E-state index contributed by atoms with van der Waals surface area (Å²) in [5.41, 5.74) is 6.44. The van der Waals surface area contributed by atoms with Gasteiger partial charge in [-0.15, -0.1) is 0 Å². The summed E-state index contributed by atoms with van der Waals surface area (Å²) in [6.45, 7) is 7.86. The first-order chi connectivity index (χ1) is 12.3. The highest BCUT2D eigenvalue weighted by atomic mass is 79.9. The predicted octanol–water partition coefficient (Wildman–Crippen LogP) is 6.27. The van der Waals surface area contributed by atoms with Crippen LogP contribution in [0.5, 0.6) is 11.5 Å². The van der Waals surface area contributed by atoms with Crippen LogP contribution in [-0.2, 0) is 0 Å². The summed E-state index contributed by atoms with van der Waals surface area (Å²) < 4.78 is 0.946. The molecule has 0 amide bonds. The fraction of sp³-hybridized carbons (Fsp3) is 0.217. The lowest BCUT2D eigenvalue weighted by atomic mass is 9.81. The largest absolute Gasteiger partial charge is 0.507 e. The maximum Gasteiger partial charge on any atom is 0.122 e. The molecule has 0 aliphatic carbocycles. The van der Waals surface area contributed by atoms with Crippen LogP contribution < -0.4 is 0 Å². The van der Waals surface area contributed by atoms with Crippen molar-refractivity contribution < 1.29 is 10.2 Å². The van der Waals surface area contributed by atoms with Crippen LogP contribution in [0.15, 0.2) is 53.0 Å². The van der Waals surface area contributed by atoms with Gasteiger partial charge in [-0.2, -0.15) is 0 Å². The van der Waals surface area contributed by atoms with Crippen LogP contribution in [0.2, 0.25) is 0 Å². The van der Waals surface area contributed by atoms with Crippen LogP contribution in [0.25, 0.3) is 0 Å². The standard InChI is InChI=1S/C23H23BrO2/c1-13-9-15(3)22(25)18(11-13)21(17-7-5-6-8-20(17)24)19-12-14(2)10-16(4)23(19)26/h5-12,21,25-26H,1-4H3. The van der Waals surface area contributed by atoms with Gasteiger partial charge in [0.05, 0.1) is 0 Å². The van der Waals surface area contributed by atoms with Crippen molar-refractivity contribution >= 4 is 15.9 Å². The Kier molecular flexibility index (Phi) is 5.10. The number of aryl methyl sites for hydroxylation is 4. The molecular formula is C23H23BrO2. The molecule has 0 aromatic heterocycles. The number of phenols is 2. The average Bonchev–Trinajstić information content (AvgIpc) is 2.58.